The Hall–Kier alpha value is -2.45. The minimum Gasteiger partial charge on any atom is -0.497 e. The fourth-order valence-electron chi connectivity index (χ4n) is 2.95. The Kier molecular flexibility index (Phi) is 8.48. The van der Waals surface area contributed by atoms with Crippen LogP contribution in [0, 0.1) is 0 Å². The number of nitrogens with zero attached hydrogens (tertiary/aromatic N) is 1. The summed E-state index contributed by atoms with van der Waals surface area (Å²) < 4.78 is 38.2. The van der Waals surface area contributed by atoms with Crippen LogP contribution < -0.4 is 13.8 Å². The highest BCUT2D eigenvalue weighted by Gasteiger charge is 2.30. The molecule has 3 rings (SSSR count). The summed E-state index contributed by atoms with van der Waals surface area (Å²) in [6.07, 6.45) is 0.185. The predicted octanol–water partition coefficient (Wildman–Crippen LogP) is 6.24. The van der Waals surface area contributed by atoms with Gasteiger partial charge in [0.15, 0.2) is 0 Å². The lowest BCUT2D eigenvalue weighted by Gasteiger charge is -2.23. The van der Waals surface area contributed by atoms with Gasteiger partial charge in [0.2, 0.25) is 5.91 Å². The Bertz CT molecular complexity index is 1220. The van der Waals surface area contributed by atoms with E-state index in [-0.39, 0.29) is 30.0 Å². The maximum absolute atomic E-state index is 13.3. The topological polar surface area (TPSA) is 72.9 Å². The minimum absolute atomic E-state index is 0.0553. The summed E-state index contributed by atoms with van der Waals surface area (Å²) in [6, 6.07) is 16.6. The van der Waals surface area contributed by atoms with Crippen LogP contribution in [0.3, 0.4) is 0 Å². The van der Waals surface area contributed by atoms with Gasteiger partial charge in [-0.3, -0.25) is 4.79 Å². The van der Waals surface area contributed by atoms with Crippen LogP contribution in [0.5, 0.6) is 11.5 Å². The molecule has 0 aliphatic rings. The van der Waals surface area contributed by atoms with Crippen molar-refractivity contribution in [1.82, 2.24) is 0 Å². The van der Waals surface area contributed by atoms with Crippen molar-refractivity contribution in [1.29, 1.82) is 0 Å². The lowest BCUT2D eigenvalue weighted by Crippen LogP contribution is -2.37. The molecular formula is C23H20Cl3NO5S. The third-order valence-electron chi connectivity index (χ3n) is 4.57. The third kappa shape index (κ3) is 6.32. The van der Waals surface area contributed by atoms with Crippen LogP contribution in [0.15, 0.2) is 71.6 Å². The SMILES string of the molecule is COc1ccc(N(C(=O)CCCOc2ccc(Cl)cc2Cl)S(=O)(=O)c2ccc(Cl)cc2)cc1. The number of hydrogen-bond acceptors (Lipinski definition) is 5. The predicted molar refractivity (Wildman–Crippen MR) is 130 cm³/mol. The second-order valence-electron chi connectivity index (χ2n) is 6.84. The summed E-state index contributed by atoms with van der Waals surface area (Å²) in [5.41, 5.74) is 0.192. The molecule has 0 saturated carbocycles. The number of carbonyl (C=O) groups excluding carboxylic acids is 1. The molecule has 6 nitrogen and oxygen atoms in total. The first kappa shape index (κ1) is 25.2. The third-order valence-corrected chi connectivity index (χ3v) is 7.12. The van der Waals surface area contributed by atoms with E-state index in [4.69, 9.17) is 44.3 Å². The van der Waals surface area contributed by atoms with Gasteiger partial charge < -0.3 is 9.47 Å². The summed E-state index contributed by atoms with van der Waals surface area (Å²) in [5.74, 6) is 0.346. The zero-order valence-electron chi connectivity index (χ0n) is 17.5. The van der Waals surface area contributed by atoms with Gasteiger partial charge in [-0.25, -0.2) is 12.7 Å². The van der Waals surface area contributed by atoms with Gasteiger partial charge in [-0.1, -0.05) is 34.8 Å². The van der Waals surface area contributed by atoms with Crippen LogP contribution in [-0.2, 0) is 14.8 Å². The second kappa shape index (κ2) is 11.1. The average Bonchev–Trinajstić information content (AvgIpc) is 2.78. The number of carbonyl (C=O) groups is 1. The number of amides is 1. The highest BCUT2D eigenvalue weighted by atomic mass is 35.5. The zero-order valence-corrected chi connectivity index (χ0v) is 20.6. The number of ether oxygens (including phenoxy) is 2. The highest BCUT2D eigenvalue weighted by Crippen LogP contribution is 2.29. The Morgan fingerprint density at radius 2 is 1.55 bits per heavy atom. The molecule has 1 amide bonds. The maximum Gasteiger partial charge on any atom is 0.270 e. The quantitative estimate of drug-likeness (QED) is 0.308. The van der Waals surface area contributed by atoms with Gasteiger partial charge in [-0.15, -0.1) is 0 Å². The van der Waals surface area contributed by atoms with E-state index < -0.39 is 15.9 Å². The van der Waals surface area contributed by atoms with Crippen molar-refractivity contribution < 1.29 is 22.7 Å². The first-order chi connectivity index (χ1) is 15.7. The summed E-state index contributed by atoms with van der Waals surface area (Å²) in [4.78, 5) is 13.0. The van der Waals surface area contributed by atoms with E-state index in [0.717, 1.165) is 4.31 Å². The fourth-order valence-corrected chi connectivity index (χ4v) is 4.98. The smallest absolute Gasteiger partial charge is 0.270 e. The normalized spacial score (nSPS) is 11.2. The van der Waals surface area contributed by atoms with E-state index in [9.17, 15) is 13.2 Å². The standard InChI is InChI=1S/C23H20Cl3NO5S/c1-31-19-9-7-18(8-10-19)27(33(29,30)20-11-4-16(24)5-12-20)23(28)3-2-14-32-22-13-6-17(25)15-21(22)26/h4-13,15H,2-3,14H2,1H3. The highest BCUT2D eigenvalue weighted by molar-refractivity contribution is 7.93. The van der Waals surface area contributed by atoms with Crippen LogP contribution in [0.1, 0.15) is 12.8 Å². The van der Waals surface area contributed by atoms with Crippen molar-refractivity contribution >= 4 is 56.4 Å². The number of halogens is 3. The molecule has 0 heterocycles. The summed E-state index contributed by atoms with van der Waals surface area (Å²) in [6.45, 7) is 0.157. The molecule has 0 atom stereocenters. The Morgan fingerprint density at radius 1 is 0.909 bits per heavy atom. The molecule has 0 aliphatic carbocycles. The van der Waals surface area contributed by atoms with E-state index in [1.807, 2.05) is 0 Å². The first-order valence-corrected chi connectivity index (χ1v) is 12.4. The molecule has 0 N–H and O–H groups in total. The molecule has 10 heteroatoms. The fraction of sp³-hybridized carbons (Fsp3) is 0.174. The first-order valence-electron chi connectivity index (χ1n) is 9.78. The van der Waals surface area contributed by atoms with Gasteiger partial charge in [-0.2, -0.15) is 0 Å². The minimum atomic E-state index is -4.18. The summed E-state index contributed by atoms with van der Waals surface area (Å²) >= 11 is 17.8. The van der Waals surface area contributed by atoms with Crippen LogP contribution in [-0.4, -0.2) is 28.0 Å². The molecule has 0 spiro atoms. The number of rotatable bonds is 9. The number of hydrogen-bond donors (Lipinski definition) is 0. The van der Waals surface area contributed by atoms with Crippen molar-refractivity contribution in [3.63, 3.8) is 0 Å². The number of benzene rings is 3. The average molecular weight is 529 g/mol. The lowest BCUT2D eigenvalue weighted by atomic mass is 10.2. The largest absolute Gasteiger partial charge is 0.497 e. The van der Waals surface area contributed by atoms with E-state index >= 15 is 0 Å². The van der Waals surface area contributed by atoms with Crippen molar-refractivity contribution in [2.75, 3.05) is 18.0 Å². The zero-order chi connectivity index (χ0) is 24.0. The van der Waals surface area contributed by atoms with Crippen molar-refractivity contribution in [3.05, 3.63) is 81.8 Å². The summed E-state index contributed by atoms with van der Waals surface area (Å²) in [7, 11) is -2.69. The molecule has 0 aromatic heterocycles. The maximum atomic E-state index is 13.3. The monoisotopic (exact) mass is 527 g/mol. The van der Waals surface area contributed by atoms with Crippen LogP contribution >= 0.6 is 34.8 Å². The van der Waals surface area contributed by atoms with Gasteiger partial charge in [0, 0.05) is 16.5 Å². The Morgan fingerprint density at radius 3 is 2.15 bits per heavy atom. The Balaban J connectivity index is 1.79. The van der Waals surface area contributed by atoms with Crippen molar-refractivity contribution in [3.8, 4) is 11.5 Å². The van der Waals surface area contributed by atoms with Crippen LogP contribution in [0.2, 0.25) is 15.1 Å². The number of methoxy groups -OCH3 is 1. The molecule has 0 fully saturated rings. The summed E-state index contributed by atoms with van der Waals surface area (Å²) in [5, 5.41) is 1.21. The molecule has 0 bridgehead atoms. The molecule has 0 radical (unpaired) electrons. The molecule has 0 saturated heterocycles. The molecule has 3 aromatic rings. The molecule has 174 valence electrons. The molecule has 33 heavy (non-hydrogen) atoms. The number of sulfonamides is 1. The van der Waals surface area contributed by atoms with Crippen molar-refractivity contribution in [2.24, 2.45) is 0 Å². The van der Waals surface area contributed by atoms with Gasteiger partial charge in [0.1, 0.15) is 11.5 Å². The number of anilines is 1. The lowest BCUT2D eigenvalue weighted by molar-refractivity contribution is -0.117. The molecule has 0 aliphatic heterocycles. The van der Waals surface area contributed by atoms with Gasteiger partial charge in [0.05, 0.1) is 29.3 Å². The van der Waals surface area contributed by atoms with Crippen molar-refractivity contribution in [2.45, 2.75) is 17.7 Å². The second-order valence-corrected chi connectivity index (χ2v) is 9.91. The van der Waals surface area contributed by atoms with Crippen LogP contribution in [0.25, 0.3) is 0 Å². The van der Waals surface area contributed by atoms with E-state index in [1.54, 1.807) is 30.3 Å². The van der Waals surface area contributed by atoms with Gasteiger partial charge in [0.25, 0.3) is 10.0 Å². The van der Waals surface area contributed by atoms with E-state index in [1.165, 1.54) is 43.5 Å². The van der Waals surface area contributed by atoms with E-state index in [0.29, 0.717) is 26.6 Å². The molecule has 0 unspecified atom stereocenters. The van der Waals surface area contributed by atoms with E-state index in [2.05, 4.69) is 0 Å². The molecular weight excluding hydrogens is 509 g/mol. The van der Waals surface area contributed by atoms with Crippen LogP contribution in [0.4, 0.5) is 5.69 Å². The molecule has 3 aromatic carbocycles. The Labute approximate surface area is 207 Å². The van der Waals surface area contributed by atoms with Gasteiger partial charge >= 0.3 is 0 Å². The van der Waals surface area contributed by atoms with Gasteiger partial charge in [-0.05, 0) is 73.2 Å².